The number of aryl methyl sites for hydroxylation is 1. The molecular weight excluding hydrogens is 214 g/mol. The molecule has 1 fully saturated rings. The lowest BCUT2D eigenvalue weighted by atomic mass is 10.1. The summed E-state index contributed by atoms with van der Waals surface area (Å²) in [7, 11) is 0. The zero-order valence-corrected chi connectivity index (χ0v) is 10.4. The van der Waals surface area contributed by atoms with Crippen LogP contribution in [0, 0.1) is 6.92 Å². The lowest BCUT2D eigenvalue weighted by Gasteiger charge is -2.13. The molecule has 1 aromatic rings. The van der Waals surface area contributed by atoms with Crippen LogP contribution in [0.3, 0.4) is 0 Å². The zero-order valence-electron chi connectivity index (χ0n) is 10.4. The maximum atomic E-state index is 5.88. The number of hydrogen-bond acceptors (Lipinski definition) is 3. The predicted octanol–water partition coefficient (Wildman–Crippen LogP) is 2.92. The third kappa shape index (κ3) is 3.37. The van der Waals surface area contributed by atoms with Crippen LogP contribution in [0.5, 0.6) is 5.75 Å². The van der Waals surface area contributed by atoms with Crippen molar-refractivity contribution in [3.8, 4) is 5.75 Å². The summed E-state index contributed by atoms with van der Waals surface area (Å²) in [5, 5.41) is 0. The molecule has 3 nitrogen and oxygen atoms in total. The second kappa shape index (κ2) is 5.92. The van der Waals surface area contributed by atoms with Gasteiger partial charge in [-0.2, -0.15) is 0 Å². The highest BCUT2D eigenvalue weighted by molar-refractivity contribution is 5.56. The van der Waals surface area contributed by atoms with E-state index in [1.807, 2.05) is 25.1 Å². The highest BCUT2D eigenvalue weighted by Crippen LogP contribution is 2.25. The second-order valence-electron chi connectivity index (χ2n) is 4.62. The quantitative estimate of drug-likeness (QED) is 0.630. The Morgan fingerprint density at radius 1 is 1.47 bits per heavy atom. The Morgan fingerprint density at radius 3 is 3.06 bits per heavy atom. The molecule has 2 rings (SSSR count). The van der Waals surface area contributed by atoms with Crippen molar-refractivity contribution >= 4 is 5.69 Å². The standard InChI is InChI=1S/C14H21NO2/c1-11-5-2-8-13(15)14(11)17-10-4-7-12-6-3-9-16-12/h2,5,8,12H,3-4,6-7,9-10,15H2,1H3. The number of ether oxygens (including phenoxy) is 2. The van der Waals surface area contributed by atoms with Crippen LogP contribution in [0.2, 0.25) is 0 Å². The van der Waals surface area contributed by atoms with E-state index >= 15 is 0 Å². The molecule has 2 N–H and O–H groups in total. The van der Waals surface area contributed by atoms with E-state index in [-0.39, 0.29) is 0 Å². The molecule has 0 amide bonds. The number of hydrogen-bond donors (Lipinski definition) is 1. The molecule has 0 spiro atoms. The Kier molecular flexibility index (Phi) is 4.26. The van der Waals surface area contributed by atoms with Gasteiger partial charge in [0.2, 0.25) is 0 Å². The van der Waals surface area contributed by atoms with Crippen LogP contribution in [-0.2, 0) is 4.74 Å². The van der Waals surface area contributed by atoms with Gasteiger partial charge in [-0.15, -0.1) is 0 Å². The van der Waals surface area contributed by atoms with Gasteiger partial charge in [-0.3, -0.25) is 0 Å². The molecule has 0 radical (unpaired) electrons. The van der Waals surface area contributed by atoms with E-state index in [1.54, 1.807) is 0 Å². The first-order valence-corrected chi connectivity index (χ1v) is 6.37. The molecule has 0 bridgehead atoms. The minimum Gasteiger partial charge on any atom is -0.491 e. The van der Waals surface area contributed by atoms with Gasteiger partial charge in [0.15, 0.2) is 0 Å². The van der Waals surface area contributed by atoms with Gasteiger partial charge < -0.3 is 15.2 Å². The monoisotopic (exact) mass is 235 g/mol. The van der Waals surface area contributed by atoms with E-state index in [4.69, 9.17) is 15.2 Å². The van der Waals surface area contributed by atoms with Crippen molar-refractivity contribution < 1.29 is 9.47 Å². The van der Waals surface area contributed by atoms with Gasteiger partial charge in [0.25, 0.3) is 0 Å². The molecular formula is C14H21NO2. The maximum absolute atomic E-state index is 5.88. The van der Waals surface area contributed by atoms with Gasteiger partial charge in [0.1, 0.15) is 5.75 Å². The molecule has 1 aliphatic rings. The molecule has 1 aliphatic heterocycles. The van der Waals surface area contributed by atoms with Crippen molar-refractivity contribution in [2.75, 3.05) is 18.9 Å². The molecule has 0 aromatic heterocycles. The topological polar surface area (TPSA) is 44.5 Å². The summed E-state index contributed by atoms with van der Waals surface area (Å²) in [6.45, 7) is 3.66. The third-order valence-electron chi connectivity index (χ3n) is 3.18. The zero-order chi connectivity index (χ0) is 12.1. The van der Waals surface area contributed by atoms with Crippen molar-refractivity contribution in [2.45, 2.75) is 38.7 Å². The first kappa shape index (κ1) is 12.2. The van der Waals surface area contributed by atoms with Crippen molar-refractivity contribution in [3.63, 3.8) is 0 Å². The first-order chi connectivity index (χ1) is 8.27. The van der Waals surface area contributed by atoms with Crippen molar-refractivity contribution in [1.29, 1.82) is 0 Å². The number of benzene rings is 1. The lowest BCUT2D eigenvalue weighted by molar-refractivity contribution is 0.0981. The largest absolute Gasteiger partial charge is 0.491 e. The molecule has 1 aromatic carbocycles. The summed E-state index contributed by atoms with van der Waals surface area (Å²) >= 11 is 0. The van der Waals surface area contributed by atoms with Crippen LogP contribution in [0.15, 0.2) is 18.2 Å². The Labute approximate surface area is 103 Å². The van der Waals surface area contributed by atoms with Crippen LogP contribution in [0.4, 0.5) is 5.69 Å². The average Bonchev–Trinajstić information content (AvgIpc) is 2.80. The van der Waals surface area contributed by atoms with Crippen molar-refractivity contribution in [1.82, 2.24) is 0 Å². The van der Waals surface area contributed by atoms with Gasteiger partial charge >= 0.3 is 0 Å². The van der Waals surface area contributed by atoms with E-state index < -0.39 is 0 Å². The summed E-state index contributed by atoms with van der Waals surface area (Å²) in [4.78, 5) is 0. The molecule has 94 valence electrons. The van der Waals surface area contributed by atoms with Crippen LogP contribution in [-0.4, -0.2) is 19.3 Å². The van der Waals surface area contributed by atoms with Gasteiger partial charge in [0.05, 0.1) is 18.4 Å². The summed E-state index contributed by atoms with van der Waals surface area (Å²) < 4.78 is 11.3. The molecule has 0 saturated carbocycles. The van der Waals surface area contributed by atoms with Crippen LogP contribution in [0.1, 0.15) is 31.2 Å². The third-order valence-corrected chi connectivity index (χ3v) is 3.18. The molecule has 3 heteroatoms. The molecule has 1 unspecified atom stereocenters. The molecule has 1 heterocycles. The number of nitrogens with two attached hydrogens (primary N) is 1. The van der Waals surface area contributed by atoms with Crippen LogP contribution in [0.25, 0.3) is 0 Å². The number of anilines is 1. The average molecular weight is 235 g/mol. The van der Waals surface area contributed by atoms with Gasteiger partial charge in [-0.25, -0.2) is 0 Å². The van der Waals surface area contributed by atoms with E-state index in [0.717, 1.165) is 43.1 Å². The summed E-state index contributed by atoms with van der Waals surface area (Å²) in [6.07, 6.45) is 4.97. The van der Waals surface area contributed by atoms with Crippen LogP contribution < -0.4 is 10.5 Å². The summed E-state index contributed by atoms with van der Waals surface area (Å²) in [6, 6.07) is 5.85. The van der Waals surface area contributed by atoms with E-state index in [2.05, 4.69) is 0 Å². The normalized spacial score (nSPS) is 19.5. The smallest absolute Gasteiger partial charge is 0.145 e. The van der Waals surface area contributed by atoms with E-state index in [0.29, 0.717) is 6.10 Å². The fourth-order valence-corrected chi connectivity index (χ4v) is 2.23. The minimum absolute atomic E-state index is 0.452. The highest BCUT2D eigenvalue weighted by atomic mass is 16.5. The fraction of sp³-hybridized carbons (Fsp3) is 0.571. The Morgan fingerprint density at radius 2 is 2.35 bits per heavy atom. The Balaban J connectivity index is 1.74. The van der Waals surface area contributed by atoms with Crippen LogP contribution >= 0.6 is 0 Å². The molecule has 1 saturated heterocycles. The van der Waals surface area contributed by atoms with Gasteiger partial charge in [-0.1, -0.05) is 12.1 Å². The summed E-state index contributed by atoms with van der Waals surface area (Å²) in [5.74, 6) is 0.833. The summed E-state index contributed by atoms with van der Waals surface area (Å²) in [5.41, 5.74) is 7.70. The maximum Gasteiger partial charge on any atom is 0.145 e. The number of para-hydroxylation sites is 1. The lowest BCUT2D eigenvalue weighted by Crippen LogP contribution is -2.08. The van der Waals surface area contributed by atoms with Crippen molar-refractivity contribution in [3.05, 3.63) is 23.8 Å². The number of rotatable bonds is 5. The van der Waals surface area contributed by atoms with E-state index in [9.17, 15) is 0 Å². The Hall–Kier alpha value is -1.22. The Bertz CT molecular complexity index is 339. The van der Waals surface area contributed by atoms with Gasteiger partial charge in [-0.05, 0) is 44.2 Å². The van der Waals surface area contributed by atoms with Gasteiger partial charge in [0, 0.05) is 6.61 Å². The molecule has 1 atom stereocenters. The second-order valence-corrected chi connectivity index (χ2v) is 4.62. The SMILES string of the molecule is Cc1cccc(N)c1OCCCC1CCCO1. The van der Waals surface area contributed by atoms with E-state index in [1.165, 1.54) is 12.8 Å². The van der Waals surface area contributed by atoms with Crippen molar-refractivity contribution in [2.24, 2.45) is 0 Å². The highest BCUT2D eigenvalue weighted by Gasteiger charge is 2.14. The predicted molar refractivity (Wildman–Crippen MR) is 69.3 cm³/mol. The molecule has 0 aliphatic carbocycles. The minimum atomic E-state index is 0.452. The molecule has 17 heavy (non-hydrogen) atoms. The fourth-order valence-electron chi connectivity index (χ4n) is 2.23. The first-order valence-electron chi connectivity index (χ1n) is 6.37. The number of nitrogen functional groups attached to an aromatic ring is 1.